The van der Waals surface area contributed by atoms with Gasteiger partial charge in [0.1, 0.15) is 6.23 Å². The normalized spacial score (nSPS) is 23.4. The highest BCUT2D eigenvalue weighted by Crippen LogP contribution is 2.30. The van der Waals surface area contributed by atoms with E-state index in [1.807, 2.05) is 0 Å². The van der Waals surface area contributed by atoms with Crippen LogP contribution < -0.4 is 5.32 Å². The first-order valence-electron chi connectivity index (χ1n) is 8.44. The van der Waals surface area contributed by atoms with Crippen molar-refractivity contribution in [3.8, 4) is 0 Å². The lowest BCUT2D eigenvalue weighted by Gasteiger charge is -2.33. The molecule has 5 nitrogen and oxygen atoms in total. The van der Waals surface area contributed by atoms with Gasteiger partial charge in [0.05, 0.1) is 10.7 Å². The summed E-state index contributed by atoms with van der Waals surface area (Å²) in [7, 11) is 0. The Bertz CT molecular complexity index is 556. The molecule has 1 saturated heterocycles. The number of carbonyl (C=O) groups excluding carboxylic acids is 1. The Balaban J connectivity index is 1.49. The van der Waals surface area contributed by atoms with E-state index in [1.165, 1.54) is 0 Å². The zero-order valence-corrected chi connectivity index (χ0v) is 14.2. The topological polar surface area (TPSA) is 65.5 Å². The number of likely N-dealkylation sites (tertiary alicyclic amines) is 1. The lowest BCUT2D eigenvalue weighted by molar-refractivity contribution is -0.122. The fourth-order valence-corrected chi connectivity index (χ4v) is 4.01. The van der Waals surface area contributed by atoms with E-state index in [-0.39, 0.29) is 11.8 Å². The molecule has 2 atom stereocenters. The molecule has 2 heterocycles. The van der Waals surface area contributed by atoms with Gasteiger partial charge in [-0.05, 0) is 31.8 Å². The summed E-state index contributed by atoms with van der Waals surface area (Å²) in [5, 5.41) is 16.2. The second kappa shape index (κ2) is 7.55. The molecule has 0 radical (unpaired) electrons. The van der Waals surface area contributed by atoms with Gasteiger partial charge in [-0.15, -0.1) is 11.3 Å². The summed E-state index contributed by atoms with van der Waals surface area (Å²) in [6.07, 6.45) is 6.09. The minimum atomic E-state index is -0.560. The predicted molar refractivity (Wildman–Crippen MR) is 91.3 cm³/mol. The van der Waals surface area contributed by atoms with Gasteiger partial charge in [0.15, 0.2) is 0 Å². The second-order valence-corrected chi connectivity index (χ2v) is 7.37. The SMILES string of the molecule is C=CC(O)N1CCCC(c2nc(CCNC(=O)C3CC3)cs2)C1. The summed E-state index contributed by atoms with van der Waals surface area (Å²) in [4.78, 5) is 18.4. The van der Waals surface area contributed by atoms with Crippen molar-refractivity contribution in [2.24, 2.45) is 5.92 Å². The highest BCUT2D eigenvalue weighted by Gasteiger charge is 2.29. The van der Waals surface area contributed by atoms with E-state index in [2.05, 4.69) is 22.2 Å². The molecule has 23 heavy (non-hydrogen) atoms. The Labute approximate surface area is 141 Å². The number of aliphatic hydroxyl groups excluding tert-OH is 1. The molecule has 3 rings (SSSR count). The summed E-state index contributed by atoms with van der Waals surface area (Å²) in [5.41, 5.74) is 1.06. The first-order valence-corrected chi connectivity index (χ1v) is 9.32. The predicted octanol–water partition coefficient (Wildman–Crippen LogP) is 1.90. The minimum absolute atomic E-state index is 0.196. The molecule has 1 amide bonds. The quantitative estimate of drug-likeness (QED) is 0.747. The van der Waals surface area contributed by atoms with Gasteiger partial charge in [-0.1, -0.05) is 6.58 Å². The van der Waals surface area contributed by atoms with Crippen molar-refractivity contribution < 1.29 is 9.90 Å². The number of nitrogens with zero attached hydrogens (tertiary/aromatic N) is 2. The minimum Gasteiger partial charge on any atom is -0.375 e. The van der Waals surface area contributed by atoms with Gasteiger partial charge >= 0.3 is 0 Å². The van der Waals surface area contributed by atoms with E-state index in [1.54, 1.807) is 17.4 Å². The van der Waals surface area contributed by atoms with E-state index in [9.17, 15) is 9.90 Å². The van der Waals surface area contributed by atoms with Gasteiger partial charge < -0.3 is 10.4 Å². The van der Waals surface area contributed by atoms with Crippen molar-refractivity contribution in [2.45, 2.75) is 44.2 Å². The van der Waals surface area contributed by atoms with Crippen molar-refractivity contribution in [3.63, 3.8) is 0 Å². The van der Waals surface area contributed by atoms with E-state index < -0.39 is 6.23 Å². The average Bonchev–Trinajstić information content (AvgIpc) is 3.33. The third-order valence-corrected chi connectivity index (χ3v) is 5.64. The second-order valence-electron chi connectivity index (χ2n) is 6.48. The number of carbonyl (C=O) groups is 1. The highest BCUT2D eigenvalue weighted by atomic mass is 32.1. The lowest BCUT2D eigenvalue weighted by atomic mass is 9.98. The molecule has 6 heteroatoms. The number of aromatic nitrogens is 1. The largest absolute Gasteiger partial charge is 0.375 e. The molecule has 0 aromatic carbocycles. The molecule has 1 saturated carbocycles. The van der Waals surface area contributed by atoms with Gasteiger partial charge in [-0.25, -0.2) is 4.98 Å². The summed E-state index contributed by atoms with van der Waals surface area (Å²) < 4.78 is 0. The van der Waals surface area contributed by atoms with Crippen LogP contribution in [0.4, 0.5) is 0 Å². The Kier molecular flexibility index (Phi) is 5.46. The number of rotatable bonds is 7. The summed E-state index contributed by atoms with van der Waals surface area (Å²) in [6, 6.07) is 0. The van der Waals surface area contributed by atoms with Crippen LogP contribution in [0, 0.1) is 5.92 Å². The van der Waals surface area contributed by atoms with Gasteiger partial charge in [-0.2, -0.15) is 0 Å². The van der Waals surface area contributed by atoms with Crippen molar-refractivity contribution in [3.05, 3.63) is 28.7 Å². The van der Waals surface area contributed by atoms with Crippen LogP contribution in [-0.2, 0) is 11.2 Å². The Hall–Kier alpha value is -1.24. The van der Waals surface area contributed by atoms with Crippen LogP contribution in [0.2, 0.25) is 0 Å². The number of hydrogen-bond donors (Lipinski definition) is 2. The maximum Gasteiger partial charge on any atom is 0.223 e. The molecule has 1 aliphatic heterocycles. The fourth-order valence-electron chi connectivity index (χ4n) is 3.03. The van der Waals surface area contributed by atoms with Crippen LogP contribution in [0.3, 0.4) is 0 Å². The smallest absolute Gasteiger partial charge is 0.223 e. The summed E-state index contributed by atoms with van der Waals surface area (Å²) in [6.45, 7) is 6.08. The number of piperidine rings is 1. The van der Waals surface area contributed by atoms with Gasteiger partial charge in [0.25, 0.3) is 0 Å². The maximum atomic E-state index is 11.6. The molecule has 2 N–H and O–H groups in total. The average molecular weight is 335 g/mol. The molecule has 2 unspecified atom stereocenters. The van der Waals surface area contributed by atoms with Crippen LogP contribution >= 0.6 is 11.3 Å². The van der Waals surface area contributed by atoms with Crippen LogP contribution in [0.1, 0.15) is 42.3 Å². The molecule has 126 valence electrons. The van der Waals surface area contributed by atoms with E-state index in [0.29, 0.717) is 12.5 Å². The first kappa shape index (κ1) is 16.6. The van der Waals surface area contributed by atoms with Crippen molar-refractivity contribution in [1.82, 2.24) is 15.2 Å². The fraction of sp³-hybridized carbons (Fsp3) is 0.647. The van der Waals surface area contributed by atoms with Crippen LogP contribution in [0.5, 0.6) is 0 Å². The van der Waals surface area contributed by atoms with Crippen molar-refractivity contribution >= 4 is 17.2 Å². The van der Waals surface area contributed by atoms with E-state index in [4.69, 9.17) is 4.98 Å². The van der Waals surface area contributed by atoms with Gasteiger partial charge in [-0.3, -0.25) is 9.69 Å². The number of thiazole rings is 1. The molecule has 2 fully saturated rings. The first-order chi connectivity index (χ1) is 11.2. The van der Waals surface area contributed by atoms with Crippen molar-refractivity contribution in [2.75, 3.05) is 19.6 Å². The number of aliphatic hydroxyl groups is 1. The Morgan fingerprint density at radius 2 is 2.39 bits per heavy atom. The van der Waals surface area contributed by atoms with Gasteiger partial charge in [0, 0.05) is 43.3 Å². The van der Waals surface area contributed by atoms with E-state index >= 15 is 0 Å². The van der Waals surface area contributed by atoms with Crippen LogP contribution in [0.15, 0.2) is 18.0 Å². The van der Waals surface area contributed by atoms with Gasteiger partial charge in [0.2, 0.25) is 5.91 Å². The molecule has 0 spiro atoms. The maximum absolute atomic E-state index is 11.6. The third-order valence-electron chi connectivity index (χ3n) is 4.59. The molecule has 1 aliphatic carbocycles. The number of nitrogens with one attached hydrogen (secondary N) is 1. The third kappa shape index (κ3) is 4.40. The van der Waals surface area contributed by atoms with E-state index in [0.717, 1.165) is 55.9 Å². The number of hydrogen-bond acceptors (Lipinski definition) is 5. The number of amides is 1. The molecule has 1 aromatic rings. The van der Waals surface area contributed by atoms with Crippen LogP contribution in [-0.4, -0.2) is 46.8 Å². The summed E-state index contributed by atoms with van der Waals surface area (Å²) in [5.74, 6) is 0.852. The van der Waals surface area contributed by atoms with Crippen LogP contribution in [0.25, 0.3) is 0 Å². The molecular weight excluding hydrogens is 310 g/mol. The zero-order chi connectivity index (χ0) is 16.2. The van der Waals surface area contributed by atoms with Crippen molar-refractivity contribution in [1.29, 1.82) is 0 Å². The molecular formula is C17H25N3O2S. The molecule has 1 aromatic heterocycles. The Morgan fingerprint density at radius 3 is 3.13 bits per heavy atom. The molecule has 0 bridgehead atoms. The lowest BCUT2D eigenvalue weighted by Crippen LogP contribution is -2.40. The Morgan fingerprint density at radius 1 is 1.57 bits per heavy atom. The standard InChI is InChI=1S/C17H25N3O2S/c1-2-15(21)20-9-3-4-13(10-20)17-19-14(11-23-17)7-8-18-16(22)12-5-6-12/h2,11-13,15,21H,1,3-10H2,(H,18,22). The highest BCUT2D eigenvalue weighted by molar-refractivity contribution is 7.09. The molecule has 2 aliphatic rings. The zero-order valence-electron chi connectivity index (χ0n) is 13.4. The monoisotopic (exact) mass is 335 g/mol. The summed E-state index contributed by atoms with van der Waals surface area (Å²) >= 11 is 1.70.